The van der Waals surface area contributed by atoms with E-state index in [9.17, 15) is 4.79 Å². The molecule has 1 N–H and O–H groups in total. The maximum atomic E-state index is 12.2. The Morgan fingerprint density at radius 2 is 1.95 bits per heavy atom. The van der Waals surface area contributed by atoms with Crippen molar-refractivity contribution in [3.8, 4) is 0 Å². The minimum Gasteiger partial charge on any atom is -0.349 e. The number of rotatable bonds is 2. The Morgan fingerprint density at radius 1 is 1.26 bits per heavy atom. The highest BCUT2D eigenvalue weighted by Crippen LogP contribution is 2.65. The van der Waals surface area contributed by atoms with E-state index in [2.05, 4.69) is 10.3 Å². The molecule has 4 atom stereocenters. The highest BCUT2D eigenvalue weighted by atomic mass is 35.5. The normalized spacial score (nSPS) is 38.1. The molecule has 1 aromatic rings. The van der Waals surface area contributed by atoms with E-state index in [0.717, 1.165) is 23.7 Å². The van der Waals surface area contributed by atoms with Gasteiger partial charge in [-0.05, 0) is 49.0 Å². The number of carbonyl (C=O) groups is 1. The zero-order valence-corrected chi connectivity index (χ0v) is 11.8. The molecule has 0 saturated heterocycles. The first-order valence-electron chi connectivity index (χ1n) is 6.77. The minimum absolute atomic E-state index is 0.0788. The van der Waals surface area contributed by atoms with Gasteiger partial charge in [-0.25, -0.2) is 4.98 Å². The van der Waals surface area contributed by atoms with Crippen LogP contribution in [0.1, 0.15) is 29.6 Å². The zero-order valence-electron chi connectivity index (χ0n) is 10.3. The van der Waals surface area contributed by atoms with Crippen LogP contribution in [0.4, 0.5) is 0 Å². The fraction of sp³-hybridized carbons (Fsp3) is 0.571. The van der Waals surface area contributed by atoms with Crippen LogP contribution in [0.25, 0.3) is 0 Å². The predicted octanol–water partition coefficient (Wildman–Crippen LogP) is 3.16. The molecule has 3 fully saturated rings. The summed E-state index contributed by atoms with van der Waals surface area (Å²) >= 11 is 11.6. The summed E-state index contributed by atoms with van der Waals surface area (Å²) in [7, 11) is 0. The molecular weight excluding hydrogens is 283 g/mol. The molecule has 3 nitrogen and oxygen atoms in total. The molecule has 0 aromatic carbocycles. The molecule has 0 spiro atoms. The molecule has 0 aliphatic heterocycles. The first-order valence-corrected chi connectivity index (χ1v) is 7.52. The molecule has 0 radical (unpaired) electrons. The molecule has 1 amide bonds. The molecule has 3 aliphatic carbocycles. The lowest BCUT2D eigenvalue weighted by Gasteiger charge is -2.10. The number of pyridine rings is 1. The summed E-state index contributed by atoms with van der Waals surface area (Å²) in [5, 5.41) is 3.70. The van der Waals surface area contributed by atoms with Crippen LogP contribution in [0.2, 0.25) is 10.2 Å². The SMILES string of the molecule is O=C(NC1C2C3CCC(C3)C12)c1cnc(Cl)c(Cl)c1. The van der Waals surface area contributed by atoms with Crippen LogP contribution in [-0.2, 0) is 0 Å². The maximum Gasteiger partial charge on any atom is 0.253 e. The number of hydrogen-bond donors (Lipinski definition) is 1. The van der Waals surface area contributed by atoms with Crippen molar-refractivity contribution in [1.29, 1.82) is 0 Å². The van der Waals surface area contributed by atoms with E-state index in [1.54, 1.807) is 6.07 Å². The van der Waals surface area contributed by atoms with E-state index in [1.165, 1.54) is 25.5 Å². The van der Waals surface area contributed by atoms with E-state index in [4.69, 9.17) is 23.2 Å². The average Bonchev–Trinajstić information content (AvgIpc) is 2.81. The van der Waals surface area contributed by atoms with Crippen molar-refractivity contribution in [3.63, 3.8) is 0 Å². The van der Waals surface area contributed by atoms with Gasteiger partial charge in [0.05, 0.1) is 10.6 Å². The Labute approximate surface area is 121 Å². The van der Waals surface area contributed by atoms with E-state index in [-0.39, 0.29) is 11.1 Å². The molecule has 1 aromatic heterocycles. The summed E-state index contributed by atoms with van der Waals surface area (Å²) in [6.45, 7) is 0. The van der Waals surface area contributed by atoms with Crippen LogP contribution >= 0.6 is 23.2 Å². The van der Waals surface area contributed by atoms with Crippen molar-refractivity contribution in [2.75, 3.05) is 0 Å². The molecule has 4 unspecified atom stereocenters. The van der Waals surface area contributed by atoms with Gasteiger partial charge in [-0.15, -0.1) is 0 Å². The fourth-order valence-electron chi connectivity index (χ4n) is 4.30. The number of nitrogens with zero attached hydrogens (tertiary/aromatic N) is 1. The van der Waals surface area contributed by atoms with Crippen molar-refractivity contribution >= 4 is 29.1 Å². The largest absolute Gasteiger partial charge is 0.349 e. The molecular formula is C14H14Cl2N2O. The lowest BCUT2D eigenvalue weighted by Crippen LogP contribution is -2.30. The van der Waals surface area contributed by atoms with Crippen molar-refractivity contribution in [1.82, 2.24) is 10.3 Å². The van der Waals surface area contributed by atoms with Gasteiger partial charge in [0.25, 0.3) is 5.91 Å². The van der Waals surface area contributed by atoms with E-state index < -0.39 is 0 Å². The Bertz CT molecular complexity index is 546. The molecule has 1 heterocycles. The number of hydrogen-bond acceptors (Lipinski definition) is 2. The van der Waals surface area contributed by atoms with Crippen LogP contribution in [0, 0.1) is 23.7 Å². The lowest BCUT2D eigenvalue weighted by atomic mass is 10.0. The third kappa shape index (κ3) is 1.78. The summed E-state index contributed by atoms with van der Waals surface area (Å²) in [5.41, 5.74) is 0.492. The standard InChI is InChI=1S/C14H14Cl2N2O/c15-9-4-8(5-17-13(9)16)14(19)18-12-10-6-1-2-7(3-6)11(10)12/h4-7,10-12H,1-3H2,(H,18,19). The first-order chi connectivity index (χ1) is 9.15. The third-order valence-electron chi connectivity index (χ3n) is 5.09. The Kier molecular flexibility index (Phi) is 2.58. The third-order valence-corrected chi connectivity index (χ3v) is 5.78. The summed E-state index contributed by atoms with van der Waals surface area (Å²) < 4.78 is 0. The van der Waals surface area contributed by atoms with Gasteiger partial charge in [-0.1, -0.05) is 23.2 Å². The summed E-state index contributed by atoms with van der Waals surface area (Å²) in [6, 6.07) is 1.96. The van der Waals surface area contributed by atoms with Gasteiger partial charge >= 0.3 is 0 Å². The first kappa shape index (κ1) is 12.0. The van der Waals surface area contributed by atoms with E-state index in [1.807, 2.05) is 0 Å². The van der Waals surface area contributed by atoms with Gasteiger partial charge in [-0.3, -0.25) is 4.79 Å². The van der Waals surface area contributed by atoms with Crippen molar-refractivity contribution < 1.29 is 4.79 Å². The van der Waals surface area contributed by atoms with Crippen molar-refractivity contribution in [3.05, 3.63) is 28.0 Å². The molecule has 100 valence electrons. The van der Waals surface area contributed by atoms with Crippen LogP contribution in [-0.4, -0.2) is 16.9 Å². The molecule has 4 rings (SSSR count). The van der Waals surface area contributed by atoms with Gasteiger partial charge in [0, 0.05) is 12.2 Å². The quantitative estimate of drug-likeness (QED) is 0.852. The summed E-state index contributed by atoms with van der Waals surface area (Å²) in [6.07, 6.45) is 5.57. The number of aromatic nitrogens is 1. The molecule has 5 heteroatoms. The van der Waals surface area contributed by atoms with E-state index >= 15 is 0 Å². The minimum atomic E-state index is -0.0788. The van der Waals surface area contributed by atoms with Gasteiger partial charge in [-0.2, -0.15) is 0 Å². The van der Waals surface area contributed by atoms with Gasteiger partial charge in [0.15, 0.2) is 0 Å². The number of halogens is 2. The second kappa shape index (κ2) is 4.10. The highest BCUT2D eigenvalue weighted by molar-refractivity contribution is 6.41. The highest BCUT2D eigenvalue weighted by Gasteiger charge is 2.65. The molecule has 3 aliphatic rings. The summed E-state index contributed by atoms with van der Waals surface area (Å²) in [4.78, 5) is 16.1. The number of carbonyl (C=O) groups excluding carboxylic acids is 1. The second-order valence-corrected chi connectivity index (χ2v) is 6.75. The van der Waals surface area contributed by atoms with Gasteiger partial charge < -0.3 is 5.32 Å². The van der Waals surface area contributed by atoms with Gasteiger partial charge in [0.2, 0.25) is 0 Å². The lowest BCUT2D eigenvalue weighted by molar-refractivity contribution is 0.0944. The molecule has 19 heavy (non-hydrogen) atoms. The zero-order chi connectivity index (χ0) is 13.1. The Balaban J connectivity index is 1.46. The number of amides is 1. The average molecular weight is 297 g/mol. The smallest absolute Gasteiger partial charge is 0.253 e. The number of nitrogens with one attached hydrogen (secondary N) is 1. The maximum absolute atomic E-state index is 12.2. The Morgan fingerprint density at radius 3 is 2.58 bits per heavy atom. The van der Waals surface area contributed by atoms with Crippen molar-refractivity contribution in [2.45, 2.75) is 25.3 Å². The Hall–Kier alpha value is -0.800. The second-order valence-electron chi connectivity index (χ2n) is 5.98. The van der Waals surface area contributed by atoms with Crippen LogP contribution in [0.3, 0.4) is 0 Å². The molecule has 2 bridgehead atoms. The summed E-state index contributed by atoms with van der Waals surface area (Å²) in [5.74, 6) is 3.10. The van der Waals surface area contributed by atoms with Gasteiger partial charge in [0.1, 0.15) is 5.15 Å². The topological polar surface area (TPSA) is 42.0 Å². The van der Waals surface area contributed by atoms with Crippen LogP contribution in [0.15, 0.2) is 12.3 Å². The van der Waals surface area contributed by atoms with Crippen LogP contribution < -0.4 is 5.32 Å². The van der Waals surface area contributed by atoms with Crippen LogP contribution in [0.5, 0.6) is 0 Å². The predicted molar refractivity (Wildman–Crippen MR) is 73.3 cm³/mol. The fourth-order valence-corrected chi connectivity index (χ4v) is 4.57. The van der Waals surface area contributed by atoms with E-state index in [0.29, 0.717) is 16.6 Å². The number of fused-ring (bicyclic) bond motifs is 5. The molecule has 3 saturated carbocycles. The monoisotopic (exact) mass is 296 g/mol. The van der Waals surface area contributed by atoms with Crippen molar-refractivity contribution in [2.24, 2.45) is 23.7 Å².